The summed E-state index contributed by atoms with van der Waals surface area (Å²) in [7, 11) is 1.63. The van der Waals surface area contributed by atoms with Crippen LogP contribution in [-0.2, 0) is 0 Å². The van der Waals surface area contributed by atoms with Gasteiger partial charge in [-0.05, 0) is 43.2 Å². The third kappa shape index (κ3) is 3.68. The SMILES string of the molecule is COc1cccc(Nc2nc(Nc3cc(C)ccc3C)c3nccnc3n2)c1. The molecule has 0 amide bonds. The summed E-state index contributed by atoms with van der Waals surface area (Å²) in [6, 6.07) is 13.8. The summed E-state index contributed by atoms with van der Waals surface area (Å²) in [5.74, 6) is 1.77. The lowest BCUT2D eigenvalue weighted by molar-refractivity contribution is 0.415. The number of anilines is 4. The molecule has 0 spiro atoms. The van der Waals surface area contributed by atoms with Crippen molar-refractivity contribution < 1.29 is 4.74 Å². The molecule has 7 nitrogen and oxygen atoms in total. The fourth-order valence-electron chi connectivity index (χ4n) is 2.83. The van der Waals surface area contributed by atoms with Crippen molar-refractivity contribution in [1.29, 1.82) is 0 Å². The zero-order chi connectivity index (χ0) is 19.5. The van der Waals surface area contributed by atoms with E-state index in [0.29, 0.717) is 22.9 Å². The number of ether oxygens (including phenoxy) is 1. The van der Waals surface area contributed by atoms with E-state index in [0.717, 1.165) is 28.3 Å². The van der Waals surface area contributed by atoms with Gasteiger partial charge in [0.1, 0.15) is 5.75 Å². The number of hydrogen-bond donors (Lipinski definition) is 2. The Labute approximate surface area is 162 Å². The Hall–Kier alpha value is -3.74. The van der Waals surface area contributed by atoms with Crippen LogP contribution in [0, 0.1) is 13.8 Å². The van der Waals surface area contributed by atoms with Crippen LogP contribution >= 0.6 is 0 Å². The molecule has 0 aliphatic heterocycles. The third-order valence-electron chi connectivity index (χ3n) is 4.30. The first-order valence-electron chi connectivity index (χ1n) is 8.86. The van der Waals surface area contributed by atoms with Crippen LogP contribution in [0.2, 0.25) is 0 Å². The average molecular weight is 372 g/mol. The van der Waals surface area contributed by atoms with Gasteiger partial charge in [0, 0.05) is 29.8 Å². The molecule has 28 heavy (non-hydrogen) atoms. The first-order valence-corrected chi connectivity index (χ1v) is 8.86. The molecule has 2 aromatic carbocycles. The van der Waals surface area contributed by atoms with Gasteiger partial charge in [-0.3, -0.25) is 0 Å². The predicted molar refractivity (Wildman–Crippen MR) is 111 cm³/mol. The van der Waals surface area contributed by atoms with Gasteiger partial charge in [0.25, 0.3) is 0 Å². The standard InChI is InChI=1S/C21H20N6O/c1-13-7-8-14(2)17(11-13)25-20-18-19(23-10-9-22-18)26-21(27-20)24-15-5-4-6-16(12-15)28-3/h4-12H,1-3H3,(H2,23,24,25,26,27). The second kappa shape index (κ2) is 7.48. The van der Waals surface area contributed by atoms with Crippen molar-refractivity contribution in [3.63, 3.8) is 0 Å². The molecule has 4 aromatic rings. The van der Waals surface area contributed by atoms with Crippen molar-refractivity contribution in [2.75, 3.05) is 17.7 Å². The number of nitrogens with zero attached hydrogens (tertiary/aromatic N) is 4. The number of benzene rings is 2. The van der Waals surface area contributed by atoms with Gasteiger partial charge < -0.3 is 15.4 Å². The number of methoxy groups -OCH3 is 1. The molecule has 0 fully saturated rings. The highest BCUT2D eigenvalue weighted by atomic mass is 16.5. The highest BCUT2D eigenvalue weighted by Crippen LogP contribution is 2.27. The number of nitrogens with one attached hydrogen (secondary N) is 2. The van der Waals surface area contributed by atoms with Gasteiger partial charge in [0.2, 0.25) is 5.95 Å². The van der Waals surface area contributed by atoms with Crippen LogP contribution < -0.4 is 15.4 Å². The normalized spacial score (nSPS) is 10.7. The van der Waals surface area contributed by atoms with Gasteiger partial charge in [0.05, 0.1) is 7.11 Å². The van der Waals surface area contributed by atoms with Crippen molar-refractivity contribution in [2.24, 2.45) is 0 Å². The third-order valence-corrected chi connectivity index (χ3v) is 4.30. The Morgan fingerprint density at radius 2 is 1.75 bits per heavy atom. The van der Waals surface area contributed by atoms with Crippen LogP contribution in [0.25, 0.3) is 11.2 Å². The highest BCUT2D eigenvalue weighted by molar-refractivity contribution is 5.86. The first kappa shape index (κ1) is 17.7. The second-order valence-electron chi connectivity index (χ2n) is 6.42. The highest BCUT2D eigenvalue weighted by Gasteiger charge is 2.12. The molecule has 4 rings (SSSR count). The van der Waals surface area contributed by atoms with E-state index in [4.69, 9.17) is 4.74 Å². The summed E-state index contributed by atoms with van der Waals surface area (Å²) in [5, 5.41) is 6.60. The van der Waals surface area contributed by atoms with Crippen LogP contribution in [0.1, 0.15) is 11.1 Å². The lowest BCUT2D eigenvalue weighted by Gasteiger charge is -2.13. The average Bonchev–Trinajstić information content (AvgIpc) is 2.71. The fourth-order valence-corrected chi connectivity index (χ4v) is 2.83. The van der Waals surface area contributed by atoms with E-state index in [1.165, 1.54) is 0 Å². The monoisotopic (exact) mass is 372 g/mol. The summed E-state index contributed by atoms with van der Waals surface area (Å²) in [6.45, 7) is 4.10. The Kier molecular flexibility index (Phi) is 4.72. The Morgan fingerprint density at radius 3 is 2.61 bits per heavy atom. The molecular formula is C21H20N6O. The zero-order valence-electron chi connectivity index (χ0n) is 15.9. The molecule has 2 N–H and O–H groups in total. The Bertz CT molecular complexity index is 1140. The Morgan fingerprint density at radius 1 is 0.893 bits per heavy atom. The Balaban J connectivity index is 1.75. The molecule has 7 heteroatoms. The maximum Gasteiger partial charge on any atom is 0.231 e. The van der Waals surface area contributed by atoms with Crippen molar-refractivity contribution in [3.05, 3.63) is 66.0 Å². The van der Waals surface area contributed by atoms with Crippen molar-refractivity contribution in [2.45, 2.75) is 13.8 Å². The maximum atomic E-state index is 5.27. The molecule has 0 unspecified atom stereocenters. The summed E-state index contributed by atoms with van der Waals surface area (Å²) in [4.78, 5) is 17.9. The van der Waals surface area contributed by atoms with E-state index in [9.17, 15) is 0 Å². The van der Waals surface area contributed by atoms with Crippen molar-refractivity contribution in [1.82, 2.24) is 19.9 Å². The molecule has 0 radical (unpaired) electrons. The summed E-state index contributed by atoms with van der Waals surface area (Å²) < 4.78 is 5.27. The van der Waals surface area contributed by atoms with E-state index < -0.39 is 0 Å². The van der Waals surface area contributed by atoms with Crippen LogP contribution in [0.15, 0.2) is 54.9 Å². The van der Waals surface area contributed by atoms with Gasteiger partial charge >= 0.3 is 0 Å². The topological polar surface area (TPSA) is 84.9 Å². The van der Waals surface area contributed by atoms with Gasteiger partial charge in [-0.25, -0.2) is 9.97 Å². The van der Waals surface area contributed by atoms with E-state index in [1.807, 2.05) is 31.2 Å². The molecule has 0 aliphatic carbocycles. The maximum absolute atomic E-state index is 5.27. The molecule has 0 aliphatic rings. The minimum atomic E-state index is 0.425. The molecule has 0 saturated carbocycles. The summed E-state index contributed by atoms with van der Waals surface area (Å²) in [6.07, 6.45) is 3.25. The van der Waals surface area contributed by atoms with Gasteiger partial charge in [0.15, 0.2) is 17.0 Å². The van der Waals surface area contributed by atoms with Crippen LogP contribution in [0.3, 0.4) is 0 Å². The van der Waals surface area contributed by atoms with E-state index in [1.54, 1.807) is 19.5 Å². The predicted octanol–water partition coefficient (Wildman–Crippen LogP) is 4.53. The number of fused-ring (bicyclic) bond motifs is 1. The number of aromatic nitrogens is 4. The summed E-state index contributed by atoms with van der Waals surface area (Å²) >= 11 is 0. The van der Waals surface area contributed by atoms with Crippen LogP contribution in [0.5, 0.6) is 5.75 Å². The van der Waals surface area contributed by atoms with Gasteiger partial charge in [-0.15, -0.1) is 0 Å². The van der Waals surface area contributed by atoms with E-state index >= 15 is 0 Å². The van der Waals surface area contributed by atoms with E-state index in [-0.39, 0.29) is 0 Å². The fraction of sp³-hybridized carbons (Fsp3) is 0.143. The minimum absolute atomic E-state index is 0.425. The van der Waals surface area contributed by atoms with Crippen LogP contribution in [0.4, 0.5) is 23.1 Å². The summed E-state index contributed by atoms with van der Waals surface area (Å²) in [5.41, 5.74) is 5.18. The van der Waals surface area contributed by atoms with E-state index in [2.05, 4.69) is 55.7 Å². The van der Waals surface area contributed by atoms with Crippen molar-refractivity contribution in [3.8, 4) is 5.75 Å². The first-order chi connectivity index (χ1) is 13.6. The minimum Gasteiger partial charge on any atom is -0.497 e. The van der Waals surface area contributed by atoms with Gasteiger partial charge in [-0.1, -0.05) is 18.2 Å². The smallest absolute Gasteiger partial charge is 0.231 e. The second-order valence-corrected chi connectivity index (χ2v) is 6.42. The lowest BCUT2D eigenvalue weighted by Crippen LogP contribution is -2.05. The lowest BCUT2D eigenvalue weighted by atomic mass is 10.1. The molecular weight excluding hydrogens is 352 g/mol. The zero-order valence-corrected chi connectivity index (χ0v) is 15.9. The number of aryl methyl sites for hydroxylation is 2. The largest absolute Gasteiger partial charge is 0.497 e. The molecule has 140 valence electrons. The van der Waals surface area contributed by atoms with Gasteiger partial charge in [-0.2, -0.15) is 9.97 Å². The molecule has 0 atom stereocenters. The molecule has 0 saturated heterocycles. The quantitative estimate of drug-likeness (QED) is 0.532. The molecule has 2 heterocycles. The number of hydrogen-bond acceptors (Lipinski definition) is 7. The molecule has 2 aromatic heterocycles. The number of rotatable bonds is 5. The van der Waals surface area contributed by atoms with Crippen molar-refractivity contribution >= 4 is 34.3 Å². The molecule has 0 bridgehead atoms. The van der Waals surface area contributed by atoms with Crippen LogP contribution in [-0.4, -0.2) is 27.0 Å².